The lowest BCUT2D eigenvalue weighted by atomic mass is 10.1. The maximum atomic E-state index is 11.4. The maximum absolute atomic E-state index is 11.4. The molecule has 0 aliphatic carbocycles. The summed E-state index contributed by atoms with van der Waals surface area (Å²) in [6.45, 7) is 18.5. The first-order valence-electron chi connectivity index (χ1n) is 13.4. The minimum absolute atomic E-state index is 0.0940. The highest BCUT2D eigenvalue weighted by atomic mass is 16.6. The first-order valence-corrected chi connectivity index (χ1v) is 13.4. The zero-order valence-electron chi connectivity index (χ0n) is 25.8. The van der Waals surface area contributed by atoms with Gasteiger partial charge in [0, 0.05) is 20.1 Å². The predicted molar refractivity (Wildman–Crippen MR) is 157 cm³/mol. The molecule has 0 bridgehead atoms. The Labute approximate surface area is 237 Å². The van der Waals surface area contributed by atoms with Crippen molar-refractivity contribution in [2.45, 2.75) is 80.1 Å². The SMILES string of the molecule is C=O.C=O.CC.CCCC(C)COCCO.CCCCCC(=O)OC.COCCOC(=O)c1ccc(C)cc1. The Morgan fingerprint density at radius 2 is 1.46 bits per heavy atom. The zero-order valence-corrected chi connectivity index (χ0v) is 25.8. The van der Waals surface area contributed by atoms with Gasteiger partial charge in [-0.1, -0.05) is 71.6 Å². The third-order valence-corrected chi connectivity index (χ3v) is 4.44. The van der Waals surface area contributed by atoms with Crippen LogP contribution in [0.2, 0.25) is 0 Å². The second-order valence-electron chi connectivity index (χ2n) is 7.72. The Morgan fingerprint density at radius 1 is 0.897 bits per heavy atom. The van der Waals surface area contributed by atoms with Gasteiger partial charge in [0.2, 0.25) is 0 Å². The summed E-state index contributed by atoms with van der Waals surface area (Å²) in [6, 6.07) is 7.27. The van der Waals surface area contributed by atoms with Gasteiger partial charge in [-0.3, -0.25) is 4.79 Å². The number of aryl methyl sites for hydroxylation is 1. The molecule has 0 saturated heterocycles. The van der Waals surface area contributed by atoms with E-state index in [2.05, 4.69) is 25.5 Å². The summed E-state index contributed by atoms with van der Waals surface area (Å²) in [5.41, 5.74) is 1.70. The van der Waals surface area contributed by atoms with Crippen LogP contribution in [0.15, 0.2) is 24.3 Å². The van der Waals surface area contributed by atoms with Crippen molar-refractivity contribution in [1.29, 1.82) is 0 Å². The number of unbranched alkanes of at least 4 members (excludes halogenated alkanes) is 2. The number of carbonyl (C=O) groups is 4. The first kappa shape index (κ1) is 46.2. The fraction of sp³-hybridized carbons (Fsp3) is 0.667. The summed E-state index contributed by atoms with van der Waals surface area (Å²) in [7, 11) is 2.99. The second kappa shape index (κ2) is 42.5. The van der Waals surface area contributed by atoms with Crippen LogP contribution in [0.3, 0.4) is 0 Å². The van der Waals surface area contributed by atoms with E-state index in [0.717, 1.165) is 31.4 Å². The summed E-state index contributed by atoms with van der Waals surface area (Å²) in [5, 5.41) is 8.38. The minimum atomic E-state index is -0.304. The average Bonchev–Trinajstić information content (AvgIpc) is 2.97. The molecule has 0 spiro atoms. The van der Waals surface area contributed by atoms with Gasteiger partial charge in [-0.05, 0) is 37.8 Å². The van der Waals surface area contributed by atoms with E-state index in [9.17, 15) is 9.59 Å². The highest BCUT2D eigenvalue weighted by Crippen LogP contribution is 2.05. The van der Waals surface area contributed by atoms with E-state index in [1.165, 1.54) is 20.0 Å². The number of methoxy groups -OCH3 is 2. The minimum Gasteiger partial charge on any atom is -0.469 e. The molecule has 230 valence electrons. The number of esters is 2. The van der Waals surface area contributed by atoms with Gasteiger partial charge in [0.1, 0.15) is 20.2 Å². The Kier molecular flexibility index (Phi) is 50.4. The molecule has 1 unspecified atom stereocenters. The summed E-state index contributed by atoms with van der Waals surface area (Å²) in [6.07, 6.45) is 6.23. The van der Waals surface area contributed by atoms with Crippen molar-refractivity contribution in [2.75, 3.05) is 47.3 Å². The molecule has 0 radical (unpaired) electrons. The van der Waals surface area contributed by atoms with Gasteiger partial charge < -0.3 is 33.6 Å². The summed E-state index contributed by atoms with van der Waals surface area (Å²) >= 11 is 0. The van der Waals surface area contributed by atoms with Gasteiger partial charge in [0.25, 0.3) is 0 Å². The number of aliphatic hydroxyl groups is 1. The number of hydrogen-bond donors (Lipinski definition) is 1. The quantitative estimate of drug-likeness (QED) is 0.228. The van der Waals surface area contributed by atoms with Crippen molar-refractivity contribution in [3.8, 4) is 0 Å². The van der Waals surface area contributed by atoms with Crippen molar-refractivity contribution < 1.29 is 43.2 Å². The highest BCUT2D eigenvalue weighted by Gasteiger charge is 2.05. The third kappa shape index (κ3) is 40.0. The lowest BCUT2D eigenvalue weighted by Crippen LogP contribution is -2.09. The zero-order chi connectivity index (χ0) is 31.3. The van der Waals surface area contributed by atoms with Crippen LogP contribution in [0, 0.1) is 12.8 Å². The van der Waals surface area contributed by atoms with E-state index in [-0.39, 0.29) is 18.5 Å². The molecule has 0 aliphatic heterocycles. The summed E-state index contributed by atoms with van der Waals surface area (Å²) in [5.74, 6) is 0.238. The topological polar surface area (TPSA) is 125 Å². The molecule has 1 rings (SSSR count). The Hall–Kier alpha value is -2.62. The molecule has 9 heteroatoms. The van der Waals surface area contributed by atoms with Crippen molar-refractivity contribution in [3.63, 3.8) is 0 Å². The lowest BCUT2D eigenvalue weighted by molar-refractivity contribution is -0.140. The number of rotatable bonds is 14. The van der Waals surface area contributed by atoms with E-state index >= 15 is 0 Å². The molecule has 1 atom stereocenters. The van der Waals surface area contributed by atoms with Crippen molar-refractivity contribution in [3.05, 3.63) is 35.4 Å². The van der Waals surface area contributed by atoms with Crippen molar-refractivity contribution in [1.82, 2.24) is 0 Å². The smallest absolute Gasteiger partial charge is 0.338 e. The Balaban J connectivity index is -0.000000138. The van der Waals surface area contributed by atoms with E-state index in [0.29, 0.717) is 37.7 Å². The van der Waals surface area contributed by atoms with Gasteiger partial charge in [0.15, 0.2) is 0 Å². The van der Waals surface area contributed by atoms with E-state index in [4.69, 9.17) is 28.9 Å². The van der Waals surface area contributed by atoms with Gasteiger partial charge in [-0.2, -0.15) is 0 Å². The summed E-state index contributed by atoms with van der Waals surface area (Å²) in [4.78, 5) is 37.8. The van der Waals surface area contributed by atoms with Crippen LogP contribution in [0.5, 0.6) is 0 Å². The van der Waals surface area contributed by atoms with Gasteiger partial charge in [-0.15, -0.1) is 0 Å². The summed E-state index contributed by atoms with van der Waals surface area (Å²) < 4.78 is 19.3. The highest BCUT2D eigenvalue weighted by molar-refractivity contribution is 5.89. The molecular weight excluding hydrogens is 504 g/mol. The standard InChI is InChI=1S/C11H14O3.C8H18O2.C7H14O2.C2H6.2CH2O/c1-9-3-5-10(6-4-9)11(12)14-8-7-13-2;1-3-4-8(2)7-10-6-5-9;1-3-4-5-6-7(8)9-2;3*1-2/h3-6H,7-8H2,1-2H3;8-9H,3-7H2,1-2H3;3-6H2,1-2H3;1-2H3;2*1H2. The number of aliphatic hydroxyl groups excluding tert-OH is 1. The van der Waals surface area contributed by atoms with Gasteiger partial charge >= 0.3 is 11.9 Å². The molecule has 39 heavy (non-hydrogen) atoms. The van der Waals surface area contributed by atoms with Crippen LogP contribution >= 0.6 is 0 Å². The molecule has 0 aliphatic rings. The number of hydrogen-bond acceptors (Lipinski definition) is 9. The lowest BCUT2D eigenvalue weighted by Gasteiger charge is -2.08. The third-order valence-electron chi connectivity index (χ3n) is 4.44. The molecule has 0 aromatic heterocycles. The van der Waals surface area contributed by atoms with Crippen LogP contribution in [0.4, 0.5) is 0 Å². The Morgan fingerprint density at radius 3 is 1.90 bits per heavy atom. The van der Waals surface area contributed by atoms with Crippen LogP contribution in [-0.4, -0.2) is 77.9 Å². The maximum Gasteiger partial charge on any atom is 0.338 e. The van der Waals surface area contributed by atoms with Crippen LogP contribution in [0.25, 0.3) is 0 Å². The first-order chi connectivity index (χ1) is 18.9. The van der Waals surface area contributed by atoms with Gasteiger partial charge in [-0.25, -0.2) is 4.79 Å². The molecule has 1 aromatic rings. The monoisotopic (exact) mass is 560 g/mol. The van der Waals surface area contributed by atoms with Crippen molar-refractivity contribution in [2.24, 2.45) is 5.92 Å². The van der Waals surface area contributed by atoms with E-state index in [1.54, 1.807) is 19.2 Å². The second-order valence-corrected chi connectivity index (χ2v) is 7.72. The molecule has 0 heterocycles. The molecule has 0 amide bonds. The molecule has 9 nitrogen and oxygen atoms in total. The van der Waals surface area contributed by atoms with Gasteiger partial charge in [0.05, 0.1) is 32.5 Å². The number of benzene rings is 1. The van der Waals surface area contributed by atoms with Crippen LogP contribution < -0.4 is 0 Å². The number of carbonyl (C=O) groups excluding carboxylic acids is 4. The largest absolute Gasteiger partial charge is 0.469 e. The molecule has 0 fully saturated rings. The Bertz CT molecular complexity index is 605. The molecular formula is C30H56O9. The normalized spacial score (nSPS) is 9.46. The molecule has 1 aromatic carbocycles. The van der Waals surface area contributed by atoms with Crippen LogP contribution in [-0.2, 0) is 33.3 Å². The molecule has 0 saturated carbocycles. The van der Waals surface area contributed by atoms with E-state index < -0.39 is 0 Å². The van der Waals surface area contributed by atoms with Crippen LogP contribution in [0.1, 0.15) is 89.1 Å². The fourth-order valence-corrected chi connectivity index (χ4v) is 2.54. The van der Waals surface area contributed by atoms with E-state index in [1.807, 2.05) is 46.5 Å². The molecule has 1 N–H and O–H groups in total. The number of ether oxygens (including phenoxy) is 4. The predicted octanol–water partition coefficient (Wildman–Crippen LogP) is 5.63. The fourth-order valence-electron chi connectivity index (χ4n) is 2.54. The average molecular weight is 561 g/mol. The van der Waals surface area contributed by atoms with Crippen molar-refractivity contribution >= 4 is 25.5 Å².